The SMILES string of the molecule is CC(C)OC(=O)c1ccc(C=C(O)[C@H](O)[C@@H](O)[C@H](O)[C@H](O)CO)cc1. The van der Waals surface area contributed by atoms with Gasteiger partial charge in [-0.25, -0.2) is 4.79 Å². The number of esters is 1. The molecule has 1 aromatic carbocycles. The monoisotopic (exact) mass is 356 g/mol. The van der Waals surface area contributed by atoms with Crippen molar-refractivity contribution in [3.8, 4) is 0 Å². The van der Waals surface area contributed by atoms with Crippen LogP contribution in [0.4, 0.5) is 0 Å². The van der Waals surface area contributed by atoms with Crippen LogP contribution < -0.4 is 0 Å². The minimum atomic E-state index is -1.90. The quantitative estimate of drug-likeness (QED) is 0.272. The summed E-state index contributed by atoms with van der Waals surface area (Å²) >= 11 is 0. The first-order chi connectivity index (χ1) is 11.7. The molecule has 0 unspecified atom stereocenters. The van der Waals surface area contributed by atoms with Gasteiger partial charge >= 0.3 is 5.97 Å². The van der Waals surface area contributed by atoms with Gasteiger partial charge in [0.1, 0.15) is 30.2 Å². The molecule has 0 aliphatic heterocycles. The first-order valence-electron chi connectivity index (χ1n) is 7.72. The molecule has 0 radical (unpaired) electrons. The summed E-state index contributed by atoms with van der Waals surface area (Å²) in [6, 6.07) is 5.92. The van der Waals surface area contributed by atoms with Crippen molar-refractivity contribution in [2.24, 2.45) is 0 Å². The van der Waals surface area contributed by atoms with Gasteiger partial charge < -0.3 is 35.4 Å². The lowest BCUT2D eigenvalue weighted by Gasteiger charge is -2.25. The summed E-state index contributed by atoms with van der Waals surface area (Å²) in [4.78, 5) is 11.7. The normalized spacial score (nSPS) is 17.0. The van der Waals surface area contributed by atoms with Gasteiger partial charge in [0.05, 0.1) is 18.3 Å². The summed E-state index contributed by atoms with van der Waals surface area (Å²) < 4.78 is 5.04. The Bertz CT molecular complexity index is 581. The molecule has 0 saturated heterocycles. The van der Waals surface area contributed by atoms with E-state index in [2.05, 4.69) is 0 Å². The van der Waals surface area contributed by atoms with Crippen molar-refractivity contribution >= 4 is 12.0 Å². The summed E-state index contributed by atoms with van der Waals surface area (Å²) in [7, 11) is 0. The molecule has 6 N–H and O–H groups in total. The van der Waals surface area contributed by atoms with Crippen molar-refractivity contribution < 1.29 is 40.2 Å². The maximum Gasteiger partial charge on any atom is 0.338 e. The predicted molar refractivity (Wildman–Crippen MR) is 88.7 cm³/mol. The number of hydrogen-bond acceptors (Lipinski definition) is 8. The van der Waals surface area contributed by atoms with Crippen LogP contribution in [0.15, 0.2) is 30.0 Å². The molecule has 0 fully saturated rings. The molecule has 4 atom stereocenters. The molecular weight excluding hydrogens is 332 g/mol. The highest BCUT2D eigenvalue weighted by Gasteiger charge is 2.32. The fourth-order valence-corrected chi connectivity index (χ4v) is 1.95. The molecule has 0 aliphatic carbocycles. The number of hydrogen-bond donors (Lipinski definition) is 6. The van der Waals surface area contributed by atoms with E-state index < -0.39 is 42.8 Å². The van der Waals surface area contributed by atoms with E-state index in [0.29, 0.717) is 11.1 Å². The average molecular weight is 356 g/mol. The van der Waals surface area contributed by atoms with Gasteiger partial charge in [-0.15, -0.1) is 0 Å². The molecule has 0 heterocycles. The molecule has 1 aromatic rings. The van der Waals surface area contributed by atoms with Crippen LogP contribution in [0.2, 0.25) is 0 Å². The molecule has 0 aromatic heterocycles. The van der Waals surface area contributed by atoms with E-state index in [1.165, 1.54) is 24.3 Å². The Labute approximate surface area is 145 Å². The Morgan fingerprint density at radius 2 is 1.64 bits per heavy atom. The van der Waals surface area contributed by atoms with Crippen LogP contribution in [0, 0.1) is 0 Å². The number of carbonyl (C=O) groups excluding carboxylic acids is 1. The smallest absolute Gasteiger partial charge is 0.338 e. The number of aliphatic hydroxyl groups excluding tert-OH is 6. The molecule has 25 heavy (non-hydrogen) atoms. The van der Waals surface area contributed by atoms with Gasteiger partial charge in [-0.3, -0.25) is 0 Å². The van der Waals surface area contributed by atoms with Crippen molar-refractivity contribution in [2.75, 3.05) is 6.61 Å². The Hall–Kier alpha value is -1.97. The average Bonchev–Trinajstić information content (AvgIpc) is 2.58. The summed E-state index contributed by atoms with van der Waals surface area (Å²) in [6.45, 7) is 2.63. The Morgan fingerprint density at radius 1 is 1.08 bits per heavy atom. The van der Waals surface area contributed by atoms with Crippen LogP contribution >= 0.6 is 0 Å². The van der Waals surface area contributed by atoms with Crippen LogP contribution in [0.25, 0.3) is 6.08 Å². The van der Waals surface area contributed by atoms with Crippen molar-refractivity contribution in [1.82, 2.24) is 0 Å². The maximum absolute atomic E-state index is 11.7. The number of carbonyl (C=O) groups is 1. The van der Waals surface area contributed by atoms with Crippen LogP contribution in [0.1, 0.15) is 29.8 Å². The van der Waals surface area contributed by atoms with E-state index in [9.17, 15) is 30.3 Å². The van der Waals surface area contributed by atoms with E-state index in [1.807, 2.05) is 0 Å². The molecule has 0 spiro atoms. The predicted octanol–water partition coefficient (Wildman–Crippen LogP) is -0.413. The zero-order valence-electron chi connectivity index (χ0n) is 14.0. The van der Waals surface area contributed by atoms with Crippen molar-refractivity contribution in [2.45, 2.75) is 44.4 Å². The van der Waals surface area contributed by atoms with E-state index in [0.717, 1.165) is 6.08 Å². The van der Waals surface area contributed by atoms with Gasteiger partial charge in [0.2, 0.25) is 0 Å². The van der Waals surface area contributed by atoms with Gasteiger partial charge in [0.15, 0.2) is 0 Å². The highest BCUT2D eigenvalue weighted by Crippen LogP contribution is 2.15. The lowest BCUT2D eigenvalue weighted by atomic mass is 10.0. The molecule has 1 rings (SSSR count). The van der Waals surface area contributed by atoms with Crippen molar-refractivity contribution in [3.63, 3.8) is 0 Å². The standard InChI is InChI=1S/C17H24O8/c1-9(2)25-17(24)11-5-3-10(4-6-11)7-12(19)14(21)16(23)15(22)13(20)8-18/h3-7,9,13-16,18-23H,8H2,1-2H3/t13-,14+,15-,16-/m1/s1. The lowest BCUT2D eigenvalue weighted by Crippen LogP contribution is -2.46. The minimum absolute atomic E-state index is 0.256. The second-order valence-electron chi connectivity index (χ2n) is 5.82. The minimum Gasteiger partial charge on any atom is -0.509 e. The highest BCUT2D eigenvalue weighted by atomic mass is 16.5. The number of aliphatic hydroxyl groups is 6. The molecular formula is C17H24O8. The molecule has 8 nitrogen and oxygen atoms in total. The van der Waals surface area contributed by atoms with E-state index in [1.54, 1.807) is 13.8 Å². The number of rotatable bonds is 8. The molecule has 0 aliphatic rings. The van der Waals surface area contributed by atoms with Crippen LogP contribution in [-0.2, 0) is 4.74 Å². The summed E-state index contributed by atoms with van der Waals surface area (Å²) in [5.74, 6) is -1.15. The van der Waals surface area contributed by atoms with Gasteiger partial charge in [0, 0.05) is 0 Å². The van der Waals surface area contributed by atoms with Gasteiger partial charge in [0.25, 0.3) is 0 Å². The van der Waals surface area contributed by atoms with Crippen molar-refractivity contribution in [3.05, 3.63) is 41.2 Å². The molecule has 0 bridgehead atoms. The number of benzene rings is 1. The van der Waals surface area contributed by atoms with E-state index >= 15 is 0 Å². The van der Waals surface area contributed by atoms with Crippen LogP contribution in [0.3, 0.4) is 0 Å². The lowest BCUT2D eigenvalue weighted by molar-refractivity contribution is -0.112. The fourth-order valence-electron chi connectivity index (χ4n) is 1.95. The Balaban J connectivity index is 2.82. The highest BCUT2D eigenvalue weighted by molar-refractivity contribution is 5.89. The molecule has 0 amide bonds. The van der Waals surface area contributed by atoms with Crippen molar-refractivity contribution in [1.29, 1.82) is 0 Å². The zero-order valence-corrected chi connectivity index (χ0v) is 14.0. The summed E-state index contributed by atoms with van der Waals surface area (Å²) in [6.07, 6.45) is -6.41. The largest absolute Gasteiger partial charge is 0.509 e. The first-order valence-corrected chi connectivity index (χ1v) is 7.72. The van der Waals surface area contributed by atoms with E-state index in [-0.39, 0.29) is 6.10 Å². The van der Waals surface area contributed by atoms with Crippen LogP contribution in [-0.4, -0.2) is 73.7 Å². The third kappa shape index (κ3) is 6.11. The zero-order chi connectivity index (χ0) is 19.1. The first kappa shape index (κ1) is 21.1. The van der Waals surface area contributed by atoms with Gasteiger partial charge in [-0.2, -0.15) is 0 Å². The molecule has 8 heteroatoms. The molecule has 0 saturated carbocycles. The topological polar surface area (TPSA) is 148 Å². The third-order valence-corrected chi connectivity index (χ3v) is 3.36. The van der Waals surface area contributed by atoms with E-state index in [4.69, 9.17) is 9.84 Å². The summed E-state index contributed by atoms with van der Waals surface area (Å²) in [5.41, 5.74) is 0.731. The second kappa shape index (κ2) is 9.50. The number of ether oxygens (including phenoxy) is 1. The second-order valence-corrected chi connectivity index (χ2v) is 5.82. The van der Waals surface area contributed by atoms with Crippen LogP contribution in [0.5, 0.6) is 0 Å². The molecule has 140 valence electrons. The Kier molecular flexibility index (Phi) is 8.01. The third-order valence-electron chi connectivity index (χ3n) is 3.36. The van der Waals surface area contributed by atoms with Gasteiger partial charge in [-0.05, 0) is 37.6 Å². The maximum atomic E-state index is 11.7. The summed E-state index contributed by atoms with van der Waals surface area (Å²) in [5, 5.41) is 56.9. The Morgan fingerprint density at radius 3 is 2.12 bits per heavy atom. The van der Waals surface area contributed by atoms with Gasteiger partial charge in [-0.1, -0.05) is 12.1 Å². The fraction of sp³-hybridized carbons (Fsp3) is 0.471.